The number of hydrogen-bond donors (Lipinski definition) is 0. The summed E-state index contributed by atoms with van der Waals surface area (Å²) in [5.74, 6) is 0.960. The van der Waals surface area contributed by atoms with Crippen LogP contribution in [-0.4, -0.2) is 4.98 Å². The first-order chi connectivity index (χ1) is 12.6. The van der Waals surface area contributed by atoms with Crippen LogP contribution in [-0.2, 0) is 5.41 Å². The molecule has 3 aromatic rings. The number of rotatable bonds is 2. The van der Waals surface area contributed by atoms with Crippen molar-refractivity contribution in [2.75, 3.05) is 0 Å². The van der Waals surface area contributed by atoms with Gasteiger partial charge in [0, 0.05) is 10.9 Å². The molecule has 1 nitrogen and oxygen atoms in total. The van der Waals surface area contributed by atoms with Gasteiger partial charge in [-0.25, -0.2) is 4.98 Å². The maximum absolute atomic E-state index is 5.06. The molecule has 1 heterocycles. The molecule has 0 spiro atoms. The summed E-state index contributed by atoms with van der Waals surface area (Å²) in [6.07, 6.45) is 8.39. The molecule has 5 rings (SSSR count). The van der Waals surface area contributed by atoms with Crippen LogP contribution in [0.2, 0.25) is 0 Å². The van der Waals surface area contributed by atoms with E-state index in [1.807, 2.05) is 0 Å². The molecule has 2 fully saturated rings. The summed E-state index contributed by atoms with van der Waals surface area (Å²) in [4.78, 5) is 5.06. The minimum atomic E-state index is 0.422. The molecule has 2 aliphatic carbocycles. The Morgan fingerprint density at radius 2 is 1.77 bits per heavy atom. The summed E-state index contributed by atoms with van der Waals surface area (Å²) in [5.41, 5.74) is 8.06. The molecule has 0 N–H and O–H groups in total. The average Bonchev–Trinajstić information content (AvgIpc) is 2.94. The fourth-order valence-corrected chi connectivity index (χ4v) is 5.72. The Hall–Kier alpha value is -2.15. The largest absolute Gasteiger partial charge is 0.248 e. The monoisotopic (exact) mass is 341 g/mol. The van der Waals surface area contributed by atoms with Crippen LogP contribution in [0, 0.1) is 19.8 Å². The molecule has 0 aliphatic heterocycles. The van der Waals surface area contributed by atoms with Crippen LogP contribution < -0.4 is 0 Å². The van der Waals surface area contributed by atoms with Gasteiger partial charge < -0.3 is 0 Å². The smallest absolute Gasteiger partial charge is 0.0712 e. The lowest BCUT2D eigenvalue weighted by Gasteiger charge is -2.34. The SMILES string of the molecule is Cc1cc(C)cc(-c2ccc3c(C45CCCC(CC4)C5)cccc3n2)c1. The highest BCUT2D eigenvalue weighted by molar-refractivity contribution is 5.86. The third kappa shape index (κ3) is 2.57. The predicted molar refractivity (Wildman–Crippen MR) is 110 cm³/mol. The van der Waals surface area contributed by atoms with Crippen molar-refractivity contribution >= 4 is 10.9 Å². The number of aryl methyl sites for hydroxylation is 2. The molecule has 1 aromatic heterocycles. The minimum Gasteiger partial charge on any atom is -0.248 e. The van der Waals surface area contributed by atoms with E-state index in [2.05, 4.69) is 62.4 Å². The van der Waals surface area contributed by atoms with Crippen molar-refractivity contribution in [3.8, 4) is 11.3 Å². The van der Waals surface area contributed by atoms with Crippen molar-refractivity contribution in [3.05, 3.63) is 65.2 Å². The standard InChI is InChI=1S/C25H27N/c1-17-13-18(2)15-20(14-17)23-9-8-21-22(6-3-7-24(21)26-23)25-11-4-5-19(16-25)10-12-25/h3,6-9,13-15,19H,4-5,10-12,16H2,1-2H3. The quantitative estimate of drug-likeness (QED) is 0.503. The molecule has 26 heavy (non-hydrogen) atoms. The van der Waals surface area contributed by atoms with E-state index in [0.717, 1.165) is 17.1 Å². The highest BCUT2D eigenvalue weighted by Gasteiger charge is 2.43. The topological polar surface area (TPSA) is 12.9 Å². The Bertz CT molecular complexity index is 962. The van der Waals surface area contributed by atoms with Crippen molar-refractivity contribution in [3.63, 3.8) is 0 Å². The van der Waals surface area contributed by atoms with Crippen LogP contribution in [0.4, 0.5) is 0 Å². The maximum atomic E-state index is 5.06. The van der Waals surface area contributed by atoms with Crippen LogP contribution in [0.3, 0.4) is 0 Å². The third-order valence-corrected chi connectivity index (χ3v) is 6.80. The zero-order chi connectivity index (χ0) is 17.7. The zero-order valence-corrected chi connectivity index (χ0v) is 15.9. The highest BCUT2D eigenvalue weighted by atomic mass is 14.7. The van der Waals surface area contributed by atoms with Gasteiger partial charge in [-0.15, -0.1) is 0 Å². The number of benzene rings is 2. The number of hydrogen-bond acceptors (Lipinski definition) is 1. The number of fused-ring (bicyclic) bond motifs is 3. The predicted octanol–water partition coefficient (Wildman–Crippen LogP) is 6.74. The van der Waals surface area contributed by atoms with Gasteiger partial charge >= 0.3 is 0 Å². The van der Waals surface area contributed by atoms with Crippen molar-refractivity contribution in [2.45, 2.75) is 57.8 Å². The van der Waals surface area contributed by atoms with E-state index in [4.69, 9.17) is 4.98 Å². The van der Waals surface area contributed by atoms with Gasteiger partial charge in [0.15, 0.2) is 0 Å². The Morgan fingerprint density at radius 1 is 0.923 bits per heavy atom. The molecule has 2 aliphatic rings. The van der Waals surface area contributed by atoms with E-state index >= 15 is 0 Å². The van der Waals surface area contributed by atoms with Crippen LogP contribution in [0.15, 0.2) is 48.5 Å². The molecule has 1 heteroatoms. The number of aromatic nitrogens is 1. The summed E-state index contributed by atoms with van der Waals surface area (Å²) >= 11 is 0. The van der Waals surface area contributed by atoms with Crippen molar-refractivity contribution in [1.29, 1.82) is 0 Å². The minimum absolute atomic E-state index is 0.422. The molecule has 2 saturated carbocycles. The van der Waals surface area contributed by atoms with Gasteiger partial charge in [0.1, 0.15) is 0 Å². The Labute approximate surface area is 156 Å². The molecule has 0 amide bonds. The lowest BCUT2D eigenvalue weighted by molar-refractivity contribution is 0.308. The summed E-state index contributed by atoms with van der Waals surface area (Å²) in [6.45, 7) is 4.32. The zero-order valence-electron chi connectivity index (χ0n) is 15.9. The third-order valence-electron chi connectivity index (χ3n) is 6.80. The van der Waals surface area contributed by atoms with Crippen LogP contribution in [0.5, 0.6) is 0 Å². The fourth-order valence-electron chi connectivity index (χ4n) is 5.72. The van der Waals surface area contributed by atoms with Crippen LogP contribution in [0.25, 0.3) is 22.2 Å². The lowest BCUT2D eigenvalue weighted by Crippen LogP contribution is -2.26. The molecule has 132 valence electrons. The number of nitrogens with zero attached hydrogens (tertiary/aromatic N) is 1. The van der Waals surface area contributed by atoms with E-state index < -0.39 is 0 Å². The maximum Gasteiger partial charge on any atom is 0.0712 e. The van der Waals surface area contributed by atoms with E-state index in [0.29, 0.717) is 5.41 Å². The first kappa shape index (κ1) is 16.1. The summed E-state index contributed by atoms with van der Waals surface area (Å²) in [7, 11) is 0. The Morgan fingerprint density at radius 3 is 2.62 bits per heavy atom. The van der Waals surface area contributed by atoms with Gasteiger partial charge in [-0.3, -0.25) is 0 Å². The van der Waals surface area contributed by atoms with Gasteiger partial charge in [0.25, 0.3) is 0 Å². The first-order valence-corrected chi connectivity index (χ1v) is 10.1. The van der Waals surface area contributed by atoms with Gasteiger partial charge in [0.05, 0.1) is 11.2 Å². The average molecular weight is 341 g/mol. The summed E-state index contributed by atoms with van der Waals surface area (Å²) in [6, 6.07) is 18.1. The molecule has 2 unspecified atom stereocenters. The van der Waals surface area contributed by atoms with Crippen molar-refractivity contribution in [2.24, 2.45) is 5.92 Å². The summed E-state index contributed by atoms with van der Waals surface area (Å²) < 4.78 is 0. The van der Waals surface area contributed by atoms with E-state index in [9.17, 15) is 0 Å². The van der Waals surface area contributed by atoms with Gasteiger partial charge in [-0.05, 0) is 80.7 Å². The fraction of sp³-hybridized carbons (Fsp3) is 0.400. The highest BCUT2D eigenvalue weighted by Crippen LogP contribution is 2.54. The molecule has 0 radical (unpaired) electrons. The molecule has 2 atom stereocenters. The van der Waals surface area contributed by atoms with Gasteiger partial charge in [0.2, 0.25) is 0 Å². The Balaban J connectivity index is 1.63. The second-order valence-electron chi connectivity index (χ2n) is 8.73. The van der Waals surface area contributed by atoms with Crippen molar-refractivity contribution < 1.29 is 0 Å². The second-order valence-corrected chi connectivity index (χ2v) is 8.73. The normalized spacial score (nSPS) is 24.9. The molecule has 0 saturated heterocycles. The lowest BCUT2D eigenvalue weighted by atomic mass is 9.70. The molecular weight excluding hydrogens is 314 g/mol. The van der Waals surface area contributed by atoms with E-state index in [1.165, 1.54) is 60.6 Å². The molecular formula is C25H27N. The van der Waals surface area contributed by atoms with E-state index in [-0.39, 0.29) is 0 Å². The van der Waals surface area contributed by atoms with Gasteiger partial charge in [-0.1, -0.05) is 48.2 Å². The molecule has 2 aromatic carbocycles. The van der Waals surface area contributed by atoms with Crippen LogP contribution >= 0.6 is 0 Å². The summed E-state index contributed by atoms with van der Waals surface area (Å²) in [5, 5.41) is 1.38. The first-order valence-electron chi connectivity index (χ1n) is 10.1. The van der Waals surface area contributed by atoms with E-state index in [1.54, 1.807) is 5.56 Å². The van der Waals surface area contributed by atoms with Crippen molar-refractivity contribution in [1.82, 2.24) is 4.98 Å². The second kappa shape index (κ2) is 5.94. The van der Waals surface area contributed by atoms with Gasteiger partial charge in [-0.2, -0.15) is 0 Å². The Kier molecular flexibility index (Phi) is 3.67. The van der Waals surface area contributed by atoms with Crippen LogP contribution in [0.1, 0.15) is 55.2 Å². The number of pyridine rings is 1. The molecule has 2 bridgehead atoms.